The fourth-order valence-electron chi connectivity index (χ4n) is 2.33. The molecule has 20 heavy (non-hydrogen) atoms. The molecule has 1 fully saturated rings. The molecule has 0 aliphatic carbocycles. The van der Waals surface area contributed by atoms with E-state index in [1.807, 2.05) is 0 Å². The molecule has 8 heteroatoms. The quantitative estimate of drug-likeness (QED) is 0.534. The van der Waals surface area contributed by atoms with Crippen molar-refractivity contribution in [2.24, 2.45) is 5.84 Å². The summed E-state index contributed by atoms with van der Waals surface area (Å²) in [6.45, 7) is 3.49. The molecule has 0 spiro atoms. The van der Waals surface area contributed by atoms with Crippen LogP contribution in [0.15, 0.2) is 12.1 Å². The van der Waals surface area contributed by atoms with E-state index in [-0.39, 0.29) is 17.4 Å². The Kier molecular flexibility index (Phi) is 3.70. The highest BCUT2D eigenvalue weighted by molar-refractivity contribution is 7.91. The highest BCUT2D eigenvalue weighted by atomic mass is 32.2. The predicted molar refractivity (Wildman–Crippen MR) is 75.9 cm³/mol. The van der Waals surface area contributed by atoms with Crippen molar-refractivity contribution < 1.29 is 13.2 Å². The van der Waals surface area contributed by atoms with Gasteiger partial charge in [-0.25, -0.2) is 19.2 Å². The van der Waals surface area contributed by atoms with Crippen LogP contribution in [0.4, 0.5) is 5.82 Å². The highest BCUT2D eigenvalue weighted by Gasteiger charge is 2.39. The summed E-state index contributed by atoms with van der Waals surface area (Å²) in [6.07, 6.45) is 0.424. The van der Waals surface area contributed by atoms with Gasteiger partial charge in [-0.15, -0.1) is 0 Å². The first-order valence-electron chi connectivity index (χ1n) is 6.21. The van der Waals surface area contributed by atoms with Crippen LogP contribution >= 0.6 is 0 Å². The molecular weight excluding hydrogens is 280 g/mol. The summed E-state index contributed by atoms with van der Waals surface area (Å²) in [7, 11) is -3.06. The number of anilines is 1. The van der Waals surface area contributed by atoms with Gasteiger partial charge in [0.2, 0.25) is 0 Å². The van der Waals surface area contributed by atoms with E-state index < -0.39 is 15.4 Å². The molecule has 1 amide bonds. The lowest BCUT2D eigenvalue weighted by atomic mass is 10.0. The molecule has 0 radical (unpaired) electrons. The van der Waals surface area contributed by atoms with Crippen LogP contribution in [0.25, 0.3) is 0 Å². The van der Waals surface area contributed by atoms with Gasteiger partial charge in [0.15, 0.2) is 9.84 Å². The number of carbonyl (C=O) groups is 1. The van der Waals surface area contributed by atoms with E-state index in [1.165, 1.54) is 6.07 Å². The summed E-state index contributed by atoms with van der Waals surface area (Å²) in [5.74, 6) is 5.43. The highest BCUT2D eigenvalue weighted by Crippen LogP contribution is 2.23. The maximum atomic E-state index is 12.2. The predicted octanol–water partition coefficient (Wildman–Crippen LogP) is -0.0174. The number of sulfone groups is 1. The lowest BCUT2D eigenvalue weighted by Crippen LogP contribution is -2.47. The number of rotatable bonds is 3. The fraction of sp³-hybridized carbons (Fsp3) is 0.500. The van der Waals surface area contributed by atoms with Crippen LogP contribution in [0.5, 0.6) is 0 Å². The van der Waals surface area contributed by atoms with Crippen LogP contribution in [-0.2, 0) is 9.84 Å². The van der Waals surface area contributed by atoms with Crippen LogP contribution in [-0.4, -0.2) is 36.4 Å². The van der Waals surface area contributed by atoms with Gasteiger partial charge in [-0.3, -0.25) is 4.79 Å². The summed E-state index contributed by atoms with van der Waals surface area (Å²) in [4.78, 5) is 16.3. The zero-order chi connectivity index (χ0) is 15.0. The number of carbonyl (C=O) groups excluding carboxylic acids is 1. The van der Waals surface area contributed by atoms with Crippen molar-refractivity contribution in [3.63, 3.8) is 0 Å². The standard InChI is InChI=1S/C12H18N4O3S/c1-8-5-9(6-10(14-8)16-13)11(17)15-12(2)3-4-20(18,19)7-12/h5-6H,3-4,7,13H2,1-2H3,(H,14,16)(H,15,17). The topological polar surface area (TPSA) is 114 Å². The number of aryl methyl sites for hydroxylation is 1. The van der Waals surface area contributed by atoms with E-state index >= 15 is 0 Å². The largest absolute Gasteiger partial charge is 0.346 e. The number of hydrogen-bond donors (Lipinski definition) is 3. The number of nitrogen functional groups attached to an aromatic ring is 1. The number of pyridine rings is 1. The van der Waals surface area contributed by atoms with Crippen molar-refractivity contribution in [3.05, 3.63) is 23.4 Å². The second-order valence-electron chi connectivity index (χ2n) is 5.38. The number of hydrogen-bond acceptors (Lipinski definition) is 6. The van der Waals surface area contributed by atoms with E-state index in [0.717, 1.165) is 0 Å². The minimum Gasteiger partial charge on any atom is -0.346 e. The first kappa shape index (κ1) is 14.7. The Labute approximate surface area is 117 Å². The van der Waals surface area contributed by atoms with Crippen molar-refractivity contribution >= 4 is 21.6 Å². The van der Waals surface area contributed by atoms with Gasteiger partial charge in [0.05, 0.1) is 17.0 Å². The molecule has 4 N–H and O–H groups in total. The summed E-state index contributed by atoms with van der Waals surface area (Å²) in [6, 6.07) is 3.15. The maximum absolute atomic E-state index is 12.2. The molecule has 1 aromatic heterocycles. The van der Waals surface area contributed by atoms with Crippen molar-refractivity contribution in [1.82, 2.24) is 10.3 Å². The maximum Gasteiger partial charge on any atom is 0.251 e. The van der Waals surface area contributed by atoms with Crippen molar-refractivity contribution in [2.75, 3.05) is 16.9 Å². The summed E-state index contributed by atoms with van der Waals surface area (Å²) < 4.78 is 23.1. The van der Waals surface area contributed by atoms with Gasteiger partial charge in [-0.2, -0.15) is 0 Å². The number of amides is 1. The lowest BCUT2D eigenvalue weighted by Gasteiger charge is -2.24. The van der Waals surface area contributed by atoms with Gasteiger partial charge in [-0.1, -0.05) is 0 Å². The van der Waals surface area contributed by atoms with Gasteiger partial charge < -0.3 is 10.7 Å². The Morgan fingerprint density at radius 2 is 2.15 bits per heavy atom. The van der Waals surface area contributed by atoms with Crippen molar-refractivity contribution in [3.8, 4) is 0 Å². The Morgan fingerprint density at radius 1 is 1.45 bits per heavy atom. The van der Waals surface area contributed by atoms with Crippen molar-refractivity contribution in [1.29, 1.82) is 0 Å². The molecule has 1 aliphatic rings. The molecule has 2 heterocycles. The Morgan fingerprint density at radius 3 is 2.70 bits per heavy atom. The van der Waals surface area contributed by atoms with Gasteiger partial charge in [0, 0.05) is 11.3 Å². The minimum absolute atomic E-state index is 0.0300. The normalized spacial score (nSPS) is 24.4. The second-order valence-corrected chi connectivity index (χ2v) is 7.57. The van der Waals surface area contributed by atoms with Gasteiger partial charge >= 0.3 is 0 Å². The monoisotopic (exact) mass is 298 g/mol. The molecule has 1 saturated heterocycles. The average Bonchev–Trinajstić information content (AvgIpc) is 2.62. The summed E-state index contributed by atoms with van der Waals surface area (Å²) >= 11 is 0. The first-order valence-corrected chi connectivity index (χ1v) is 8.03. The molecule has 7 nitrogen and oxygen atoms in total. The number of nitrogens with two attached hydrogens (primary N) is 1. The summed E-state index contributed by atoms with van der Waals surface area (Å²) in [5, 5.41) is 2.79. The molecule has 1 aliphatic heterocycles. The Balaban J connectivity index is 2.19. The number of nitrogens with zero attached hydrogens (tertiary/aromatic N) is 1. The Bertz CT molecular complexity index is 644. The summed E-state index contributed by atoms with van der Waals surface area (Å²) in [5.41, 5.74) is 2.72. The van der Waals surface area contributed by atoms with E-state index in [2.05, 4.69) is 15.7 Å². The van der Waals surface area contributed by atoms with Crippen LogP contribution in [0.1, 0.15) is 29.4 Å². The zero-order valence-corrected chi connectivity index (χ0v) is 12.3. The number of nitrogens with one attached hydrogen (secondary N) is 2. The minimum atomic E-state index is -3.06. The third kappa shape index (κ3) is 3.26. The van der Waals surface area contributed by atoms with Gasteiger partial charge in [-0.05, 0) is 32.4 Å². The van der Waals surface area contributed by atoms with Crippen LogP contribution in [0, 0.1) is 6.92 Å². The molecule has 1 unspecified atom stereocenters. The van der Waals surface area contributed by atoms with Gasteiger partial charge in [0.1, 0.15) is 5.82 Å². The first-order chi connectivity index (χ1) is 9.23. The molecule has 0 bridgehead atoms. The Hall–Kier alpha value is -1.67. The molecule has 0 saturated carbocycles. The average molecular weight is 298 g/mol. The third-order valence-corrected chi connectivity index (χ3v) is 5.19. The molecule has 0 aromatic carbocycles. The van der Waals surface area contributed by atoms with E-state index in [4.69, 9.17) is 5.84 Å². The number of hydrazine groups is 1. The van der Waals surface area contributed by atoms with Crippen LogP contribution < -0.4 is 16.6 Å². The molecule has 110 valence electrons. The third-order valence-electron chi connectivity index (χ3n) is 3.28. The number of aromatic nitrogens is 1. The smallest absolute Gasteiger partial charge is 0.251 e. The fourth-order valence-corrected chi connectivity index (χ4v) is 4.42. The van der Waals surface area contributed by atoms with E-state index in [9.17, 15) is 13.2 Å². The SMILES string of the molecule is Cc1cc(C(=O)NC2(C)CCS(=O)(=O)C2)cc(NN)n1. The van der Waals surface area contributed by atoms with E-state index in [1.54, 1.807) is 19.9 Å². The van der Waals surface area contributed by atoms with Crippen LogP contribution in [0.2, 0.25) is 0 Å². The molecule has 1 atom stereocenters. The second kappa shape index (κ2) is 5.02. The van der Waals surface area contributed by atoms with E-state index in [0.29, 0.717) is 23.5 Å². The van der Waals surface area contributed by atoms with Crippen LogP contribution in [0.3, 0.4) is 0 Å². The van der Waals surface area contributed by atoms with Crippen molar-refractivity contribution in [2.45, 2.75) is 25.8 Å². The molecule has 2 rings (SSSR count). The lowest BCUT2D eigenvalue weighted by molar-refractivity contribution is 0.0915. The molecule has 1 aromatic rings. The molecular formula is C12H18N4O3S. The zero-order valence-electron chi connectivity index (χ0n) is 11.4. The van der Waals surface area contributed by atoms with Gasteiger partial charge in [0.25, 0.3) is 5.91 Å².